The van der Waals surface area contributed by atoms with Crippen LogP contribution in [0.2, 0.25) is 0 Å². The molecular weight excluding hydrogens is 351 g/mol. The molecule has 0 bridgehead atoms. The molecule has 0 saturated heterocycles. The zero-order valence-electron chi connectivity index (χ0n) is 15.3. The highest BCUT2D eigenvalue weighted by Gasteiger charge is 2.23. The van der Waals surface area contributed by atoms with Crippen LogP contribution >= 0.6 is 0 Å². The number of methoxy groups -OCH3 is 2. The van der Waals surface area contributed by atoms with E-state index in [9.17, 15) is 14.0 Å². The van der Waals surface area contributed by atoms with Crippen LogP contribution in [0.4, 0.5) is 4.39 Å². The van der Waals surface area contributed by atoms with Crippen molar-refractivity contribution in [3.63, 3.8) is 0 Å². The molecule has 1 aliphatic heterocycles. The van der Waals surface area contributed by atoms with Gasteiger partial charge in [-0.1, -0.05) is 6.07 Å². The number of hydrogen-bond acceptors (Lipinski definition) is 4. The summed E-state index contributed by atoms with van der Waals surface area (Å²) in [5.74, 6) is 0.112. The second kappa shape index (κ2) is 8.07. The van der Waals surface area contributed by atoms with Gasteiger partial charge >= 0.3 is 0 Å². The molecule has 142 valence electrons. The Hall–Kier alpha value is -3.09. The van der Waals surface area contributed by atoms with Crippen LogP contribution in [0.15, 0.2) is 36.4 Å². The lowest BCUT2D eigenvalue weighted by Gasteiger charge is -2.29. The Kier molecular flexibility index (Phi) is 5.59. The summed E-state index contributed by atoms with van der Waals surface area (Å²) in [7, 11) is 3.15. The summed E-state index contributed by atoms with van der Waals surface area (Å²) in [6, 6.07) is 9.16. The normalized spacial score (nSPS) is 12.9. The Morgan fingerprint density at radius 2 is 1.81 bits per heavy atom. The largest absolute Gasteiger partial charge is 0.493 e. The third-order valence-corrected chi connectivity index (χ3v) is 4.56. The minimum atomic E-state index is -0.494. The van der Waals surface area contributed by atoms with Crippen molar-refractivity contribution in [3.05, 3.63) is 58.9 Å². The lowest BCUT2D eigenvalue weighted by Crippen LogP contribution is -2.42. The van der Waals surface area contributed by atoms with Crippen LogP contribution in [0, 0.1) is 5.82 Å². The number of carbonyl (C=O) groups excluding carboxylic acids is 2. The number of fused-ring (bicyclic) bond motifs is 1. The standard InChI is InChI=1S/C20H21FN2O4/c1-26-17-9-13-6-7-23(12-15(13)10-18(17)27-2)19(24)11-22-20(25)14-4-3-5-16(21)8-14/h3-5,8-10H,6-7,11-12H2,1-2H3,(H,22,25). The lowest BCUT2D eigenvalue weighted by atomic mass is 9.98. The van der Waals surface area contributed by atoms with Gasteiger partial charge in [0.1, 0.15) is 5.82 Å². The van der Waals surface area contributed by atoms with Gasteiger partial charge in [0, 0.05) is 18.7 Å². The second-order valence-electron chi connectivity index (χ2n) is 6.23. The van der Waals surface area contributed by atoms with Crippen molar-refractivity contribution in [2.45, 2.75) is 13.0 Å². The summed E-state index contributed by atoms with van der Waals surface area (Å²) in [6.07, 6.45) is 0.694. The van der Waals surface area contributed by atoms with Crippen molar-refractivity contribution in [1.82, 2.24) is 10.2 Å². The number of benzene rings is 2. The minimum Gasteiger partial charge on any atom is -0.493 e. The second-order valence-corrected chi connectivity index (χ2v) is 6.23. The maximum Gasteiger partial charge on any atom is 0.251 e. The maximum absolute atomic E-state index is 13.2. The monoisotopic (exact) mass is 372 g/mol. The lowest BCUT2D eigenvalue weighted by molar-refractivity contribution is -0.131. The first-order valence-corrected chi connectivity index (χ1v) is 8.57. The SMILES string of the molecule is COc1cc2c(cc1OC)CN(C(=O)CNC(=O)c1cccc(F)c1)CC2. The molecule has 3 rings (SSSR count). The highest BCUT2D eigenvalue weighted by Crippen LogP contribution is 2.33. The van der Waals surface area contributed by atoms with Crippen LogP contribution in [0.1, 0.15) is 21.5 Å². The predicted molar refractivity (Wildman–Crippen MR) is 97.4 cm³/mol. The molecule has 1 heterocycles. The van der Waals surface area contributed by atoms with Gasteiger partial charge in [-0.2, -0.15) is 0 Å². The van der Waals surface area contributed by atoms with Crippen molar-refractivity contribution >= 4 is 11.8 Å². The zero-order chi connectivity index (χ0) is 19.4. The molecule has 6 nitrogen and oxygen atoms in total. The Labute approximate surface area is 156 Å². The van der Waals surface area contributed by atoms with E-state index < -0.39 is 11.7 Å². The van der Waals surface area contributed by atoms with Gasteiger partial charge in [-0.05, 0) is 47.9 Å². The molecule has 0 aromatic heterocycles. The van der Waals surface area contributed by atoms with E-state index >= 15 is 0 Å². The first-order valence-electron chi connectivity index (χ1n) is 8.57. The number of carbonyl (C=O) groups is 2. The van der Waals surface area contributed by atoms with Crippen LogP contribution in [0.5, 0.6) is 11.5 Å². The van der Waals surface area contributed by atoms with E-state index in [1.807, 2.05) is 12.1 Å². The molecule has 0 spiro atoms. The first-order chi connectivity index (χ1) is 13.0. The van der Waals surface area contributed by atoms with Crippen molar-refractivity contribution in [3.8, 4) is 11.5 Å². The number of ether oxygens (including phenoxy) is 2. The third kappa shape index (κ3) is 4.19. The van der Waals surface area contributed by atoms with Crippen LogP contribution in [-0.4, -0.2) is 44.0 Å². The molecule has 27 heavy (non-hydrogen) atoms. The summed E-state index contributed by atoms with van der Waals surface area (Å²) >= 11 is 0. The van der Waals surface area contributed by atoms with Gasteiger partial charge in [0.25, 0.3) is 5.91 Å². The Bertz CT molecular complexity index is 869. The van der Waals surface area contributed by atoms with Crippen molar-refractivity contribution in [2.24, 2.45) is 0 Å². The molecule has 1 aliphatic rings. The fourth-order valence-corrected chi connectivity index (χ4v) is 3.10. The van der Waals surface area contributed by atoms with Gasteiger partial charge in [0.15, 0.2) is 11.5 Å². The molecule has 2 amide bonds. The summed E-state index contributed by atoms with van der Waals surface area (Å²) in [4.78, 5) is 26.2. The number of amides is 2. The van der Waals surface area contributed by atoms with Crippen molar-refractivity contribution < 1.29 is 23.5 Å². The van der Waals surface area contributed by atoms with Crippen LogP contribution in [0.25, 0.3) is 0 Å². The van der Waals surface area contributed by atoms with Crippen LogP contribution in [0.3, 0.4) is 0 Å². The minimum absolute atomic E-state index is 0.141. The van der Waals surface area contributed by atoms with Crippen molar-refractivity contribution in [2.75, 3.05) is 27.3 Å². The van der Waals surface area contributed by atoms with E-state index in [0.717, 1.165) is 17.2 Å². The van der Waals surface area contributed by atoms with E-state index in [0.29, 0.717) is 31.0 Å². The summed E-state index contributed by atoms with van der Waals surface area (Å²) in [6.45, 7) is 0.847. The Balaban J connectivity index is 1.63. The third-order valence-electron chi connectivity index (χ3n) is 4.56. The smallest absolute Gasteiger partial charge is 0.251 e. The maximum atomic E-state index is 13.2. The first kappa shape index (κ1) is 18.7. The molecule has 0 radical (unpaired) electrons. The van der Waals surface area contributed by atoms with Gasteiger partial charge in [0.05, 0.1) is 20.8 Å². The molecule has 1 N–H and O–H groups in total. The number of halogens is 1. The molecule has 7 heteroatoms. The molecule has 2 aromatic carbocycles. The van der Waals surface area contributed by atoms with Gasteiger partial charge < -0.3 is 19.7 Å². The van der Waals surface area contributed by atoms with Crippen LogP contribution < -0.4 is 14.8 Å². The summed E-state index contributed by atoms with van der Waals surface area (Å²) in [5, 5.41) is 2.55. The topological polar surface area (TPSA) is 67.9 Å². The summed E-state index contributed by atoms with van der Waals surface area (Å²) in [5.41, 5.74) is 2.29. The molecule has 0 atom stereocenters. The van der Waals surface area contributed by atoms with E-state index in [2.05, 4.69) is 5.32 Å². The van der Waals surface area contributed by atoms with E-state index in [-0.39, 0.29) is 18.0 Å². The number of hydrogen-bond donors (Lipinski definition) is 1. The van der Waals surface area contributed by atoms with Crippen molar-refractivity contribution in [1.29, 1.82) is 0 Å². The number of rotatable bonds is 5. The van der Waals surface area contributed by atoms with Gasteiger partial charge in [0.2, 0.25) is 5.91 Å². The molecular formula is C20H21FN2O4. The fourth-order valence-electron chi connectivity index (χ4n) is 3.10. The van der Waals surface area contributed by atoms with E-state index in [1.165, 1.54) is 18.2 Å². The predicted octanol–water partition coefficient (Wildman–Crippen LogP) is 2.16. The number of nitrogens with zero attached hydrogens (tertiary/aromatic N) is 1. The van der Waals surface area contributed by atoms with Crippen LogP contribution in [-0.2, 0) is 17.8 Å². The molecule has 0 saturated carbocycles. The highest BCUT2D eigenvalue weighted by atomic mass is 19.1. The average molecular weight is 372 g/mol. The quantitative estimate of drug-likeness (QED) is 0.873. The molecule has 0 fully saturated rings. The molecule has 0 unspecified atom stereocenters. The average Bonchev–Trinajstić information content (AvgIpc) is 2.70. The number of nitrogens with one attached hydrogen (secondary N) is 1. The van der Waals surface area contributed by atoms with Gasteiger partial charge in [-0.3, -0.25) is 9.59 Å². The van der Waals surface area contributed by atoms with E-state index in [1.54, 1.807) is 19.1 Å². The molecule has 0 aliphatic carbocycles. The molecule has 2 aromatic rings. The Morgan fingerprint density at radius 3 is 2.48 bits per heavy atom. The van der Waals surface area contributed by atoms with Gasteiger partial charge in [-0.25, -0.2) is 4.39 Å². The zero-order valence-corrected chi connectivity index (χ0v) is 15.3. The van der Waals surface area contributed by atoms with E-state index in [4.69, 9.17) is 9.47 Å². The van der Waals surface area contributed by atoms with Gasteiger partial charge in [-0.15, -0.1) is 0 Å². The summed E-state index contributed by atoms with van der Waals surface area (Å²) < 4.78 is 23.8. The Morgan fingerprint density at radius 1 is 1.11 bits per heavy atom. The highest BCUT2D eigenvalue weighted by molar-refractivity contribution is 5.96. The fraction of sp³-hybridized carbons (Fsp3) is 0.300.